The third kappa shape index (κ3) is 5.00. The Kier molecular flexibility index (Phi) is 7.61. The summed E-state index contributed by atoms with van der Waals surface area (Å²) in [5.74, 6) is -0.170. The highest BCUT2D eigenvalue weighted by atomic mass is 32.2. The molecular weight excluding hydrogens is 474 g/mol. The molecule has 1 saturated heterocycles. The van der Waals surface area contributed by atoms with Gasteiger partial charge in [-0.15, -0.1) is 11.8 Å². The van der Waals surface area contributed by atoms with Crippen LogP contribution in [0, 0.1) is 5.92 Å². The lowest BCUT2D eigenvalue weighted by molar-refractivity contribution is -0.124. The van der Waals surface area contributed by atoms with Gasteiger partial charge in [-0.05, 0) is 37.3 Å². The van der Waals surface area contributed by atoms with Gasteiger partial charge in [-0.25, -0.2) is 8.42 Å². The summed E-state index contributed by atoms with van der Waals surface area (Å²) in [4.78, 5) is 30.6. The average molecular weight is 504 g/mol. The Labute approximate surface area is 204 Å². The third-order valence-corrected chi connectivity index (χ3v) is 9.20. The highest BCUT2D eigenvalue weighted by Gasteiger charge is 2.33. The van der Waals surface area contributed by atoms with Gasteiger partial charge in [0, 0.05) is 41.9 Å². The summed E-state index contributed by atoms with van der Waals surface area (Å²) >= 11 is 1.50. The highest BCUT2D eigenvalue weighted by Crippen LogP contribution is 2.38. The summed E-state index contributed by atoms with van der Waals surface area (Å²) in [5, 5.41) is 0. The minimum Gasteiger partial charge on any atom is -0.379 e. The Bertz CT molecular complexity index is 1150. The van der Waals surface area contributed by atoms with E-state index in [1.54, 1.807) is 17.0 Å². The number of anilines is 2. The predicted octanol–water partition coefficient (Wildman–Crippen LogP) is 2.84. The monoisotopic (exact) mass is 503 g/mol. The molecule has 34 heavy (non-hydrogen) atoms. The second kappa shape index (κ2) is 10.5. The van der Waals surface area contributed by atoms with Crippen molar-refractivity contribution in [2.75, 3.05) is 54.9 Å². The number of sulfonamides is 1. The summed E-state index contributed by atoms with van der Waals surface area (Å²) in [5.41, 5.74) is 1.22. The van der Waals surface area contributed by atoms with Crippen LogP contribution in [0.2, 0.25) is 0 Å². The molecule has 0 aromatic heterocycles. The van der Waals surface area contributed by atoms with Gasteiger partial charge in [-0.1, -0.05) is 25.1 Å². The Morgan fingerprint density at radius 2 is 1.85 bits per heavy atom. The van der Waals surface area contributed by atoms with E-state index in [0.717, 1.165) is 10.6 Å². The van der Waals surface area contributed by atoms with E-state index in [4.69, 9.17) is 4.74 Å². The number of benzene rings is 2. The van der Waals surface area contributed by atoms with E-state index >= 15 is 0 Å². The summed E-state index contributed by atoms with van der Waals surface area (Å²) in [6.07, 6.45) is 0. The molecule has 0 spiro atoms. The van der Waals surface area contributed by atoms with Crippen LogP contribution in [0.3, 0.4) is 0 Å². The fraction of sp³-hybridized carbons (Fsp3) is 0.417. The molecule has 0 aliphatic carbocycles. The lowest BCUT2D eigenvalue weighted by Crippen LogP contribution is -2.45. The molecule has 1 unspecified atom stereocenters. The molecule has 182 valence electrons. The van der Waals surface area contributed by atoms with Crippen LogP contribution in [0.5, 0.6) is 0 Å². The number of carbonyl (C=O) groups excluding carboxylic acids is 2. The Morgan fingerprint density at radius 1 is 1.15 bits per heavy atom. The number of fused-ring (bicyclic) bond motifs is 1. The molecule has 8 nitrogen and oxygen atoms in total. The molecule has 2 amide bonds. The van der Waals surface area contributed by atoms with Gasteiger partial charge in [0.25, 0.3) is 0 Å². The number of thioether (sulfide) groups is 1. The lowest BCUT2D eigenvalue weighted by Gasteiger charge is -2.29. The molecule has 0 saturated carbocycles. The van der Waals surface area contributed by atoms with Crippen molar-refractivity contribution in [3.05, 3.63) is 48.5 Å². The predicted molar refractivity (Wildman–Crippen MR) is 133 cm³/mol. The molecule has 2 aromatic rings. The van der Waals surface area contributed by atoms with Crippen LogP contribution < -0.4 is 9.80 Å². The topological polar surface area (TPSA) is 87.2 Å². The van der Waals surface area contributed by atoms with Crippen molar-refractivity contribution in [3.8, 4) is 0 Å². The smallest absolute Gasteiger partial charge is 0.247 e. The molecule has 0 N–H and O–H groups in total. The van der Waals surface area contributed by atoms with Gasteiger partial charge in [0.05, 0.1) is 23.8 Å². The fourth-order valence-electron chi connectivity index (χ4n) is 4.09. The van der Waals surface area contributed by atoms with Crippen LogP contribution in [0.1, 0.15) is 13.8 Å². The minimum absolute atomic E-state index is 0.115. The molecule has 1 atom stereocenters. The van der Waals surface area contributed by atoms with E-state index < -0.39 is 10.0 Å². The Morgan fingerprint density at radius 3 is 2.53 bits per heavy atom. The molecule has 2 aromatic carbocycles. The zero-order chi connectivity index (χ0) is 24.3. The quantitative estimate of drug-likeness (QED) is 0.603. The lowest BCUT2D eigenvalue weighted by atomic mass is 10.1. The number of ether oxygens (including phenoxy) is 1. The van der Waals surface area contributed by atoms with Crippen molar-refractivity contribution in [2.24, 2.45) is 5.92 Å². The molecule has 4 rings (SSSR count). The molecule has 0 radical (unpaired) electrons. The normalized spacial score (nSPS) is 19.4. The SMILES string of the molecule is CCN(C(=O)CN1C(=O)C(C)CSc2ccc(S(=O)(=O)N3CCOCC3)cc21)c1ccccc1. The van der Waals surface area contributed by atoms with E-state index in [-0.39, 0.29) is 42.3 Å². The van der Waals surface area contributed by atoms with Gasteiger partial charge in [0.2, 0.25) is 21.8 Å². The van der Waals surface area contributed by atoms with Crippen molar-refractivity contribution in [1.29, 1.82) is 0 Å². The van der Waals surface area contributed by atoms with Crippen LogP contribution in [0.25, 0.3) is 0 Å². The number of hydrogen-bond donors (Lipinski definition) is 0. The second-order valence-corrected chi connectivity index (χ2v) is 11.3. The van der Waals surface area contributed by atoms with Crippen molar-refractivity contribution < 1.29 is 22.7 Å². The van der Waals surface area contributed by atoms with E-state index in [1.807, 2.05) is 44.2 Å². The number of para-hydroxylation sites is 1. The van der Waals surface area contributed by atoms with Gasteiger partial charge in [-0.3, -0.25) is 9.59 Å². The standard InChI is InChI=1S/C24H29N3O5S2/c1-3-26(19-7-5-4-6-8-19)23(28)16-27-21-15-20(34(30,31)25-11-13-32-14-12-25)9-10-22(21)33-17-18(2)24(27)29/h4-10,15,18H,3,11-14,16-17H2,1-2H3. The molecule has 0 bridgehead atoms. The van der Waals surface area contributed by atoms with E-state index in [0.29, 0.717) is 31.2 Å². The number of morpholine rings is 1. The van der Waals surface area contributed by atoms with Gasteiger partial charge < -0.3 is 14.5 Å². The first-order valence-corrected chi connectivity index (χ1v) is 13.8. The Hall–Kier alpha value is -2.40. The van der Waals surface area contributed by atoms with Crippen molar-refractivity contribution in [2.45, 2.75) is 23.6 Å². The molecule has 2 aliphatic heterocycles. The highest BCUT2D eigenvalue weighted by molar-refractivity contribution is 7.99. The number of hydrogen-bond acceptors (Lipinski definition) is 6. The van der Waals surface area contributed by atoms with Crippen molar-refractivity contribution in [1.82, 2.24) is 4.31 Å². The number of nitrogens with zero attached hydrogens (tertiary/aromatic N) is 3. The van der Waals surface area contributed by atoms with Gasteiger partial charge in [0.15, 0.2) is 0 Å². The molecule has 2 heterocycles. The fourth-order valence-corrected chi connectivity index (χ4v) is 6.57. The van der Waals surface area contributed by atoms with Crippen LogP contribution in [-0.4, -0.2) is 69.7 Å². The van der Waals surface area contributed by atoms with Gasteiger partial charge in [-0.2, -0.15) is 4.31 Å². The number of likely N-dealkylation sites (N-methyl/N-ethyl adjacent to an activating group) is 1. The average Bonchev–Trinajstić information content (AvgIpc) is 2.97. The van der Waals surface area contributed by atoms with Crippen molar-refractivity contribution in [3.63, 3.8) is 0 Å². The first-order chi connectivity index (χ1) is 16.3. The van der Waals surface area contributed by atoms with Crippen LogP contribution in [-0.2, 0) is 24.3 Å². The zero-order valence-electron chi connectivity index (χ0n) is 19.3. The first kappa shape index (κ1) is 24.7. The summed E-state index contributed by atoms with van der Waals surface area (Å²) < 4.78 is 33.2. The second-order valence-electron chi connectivity index (χ2n) is 8.26. The van der Waals surface area contributed by atoms with Crippen LogP contribution >= 0.6 is 11.8 Å². The molecule has 2 aliphatic rings. The molecular formula is C24H29N3O5S2. The van der Waals surface area contributed by atoms with E-state index in [9.17, 15) is 18.0 Å². The maximum Gasteiger partial charge on any atom is 0.247 e. The summed E-state index contributed by atoms with van der Waals surface area (Å²) in [7, 11) is -3.74. The van der Waals surface area contributed by atoms with E-state index in [1.165, 1.54) is 27.0 Å². The first-order valence-electron chi connectivity index (χ1n) is 11.3. The summed E-state index contributed by atoms with van der Waals surface area (Å²) in [6, 6.07) is 14.2. The van der Waals surface area contributed by atoms with Gasteiger partial charge >= 0.3 is 0 Å². The molecule has 10 heteroatoms. The van der Waals surface area contributed by atoms with Gasteiger partial charge in [0.1, 0.15) is 6.54 Å². The van der Waals surface area contributed by atoms with E-state index in [2.05, 4.69) is 0 Å². The summed E-state index contributed by atoms with van der Waals surface area (Å²) in [6.45, 7) is 5.27. The number of carbonyl (C=O) groups is 2. The number of rotatable bonds is 6. The van der Waals surface area contributed by atoms with Crippen LogP contribution in [0.15, 0.2) is 58.3 Å². The minimum atomic E-state index is -3.74. The Balaban J connectivity index is 1.69. The van der Waals surface area contributed by atoms with Crippen molar-refractivity contribution >= 4 is 45.0 Å². The van der Waals surface area contributed by atoms with Crippen LogP contribution in [0.4, 0.5) is 11.4 Å². The zero-order valence-corrected chi connectivity index (χ0v) is 21.0. The third-order valence-electron chi connectivity index (χ3n) is 5.98. The maximum atomic E-state index is 13.3. The number of amides is 2. The molecule has 1 fully saturated rings. The largest absolute Gasteiger partial charge is 0.379 e. The maximum absolute atomic E-state index is 13.3.